The smallest absolute Gasteiger partial charge is 0.237 e. The SMILES string of the molecule is COCC[C@H](C)NCC(=O)N1C[C@@H](F)C[C@H]1C#N.Cl. The highest BCUT2D eigenvalue weighted by Crippen LogP contribution is 2.19. The Morgan fingerprint density at radius 2 is 2.37 bits per heavy atom. The molecule has 0 unspecified atom stereocenters. The van der Waals surface area contributed by atoms with Crippen molar-refractivity contribution in [2.24, 2.45) is 0 Å². The largest absolute Gasteiger partial charge is 0.385 e. The van der Waals surface area contributed by atoms with Gasteiger partial charge in [-0.25, -0.2) is 4.39 Å². The van der Waals surface area contributed by atoms with Crippen LogP contribution in [0.5, 0.6) is 0 Å². The number of nitriles is 1. The number of amides is 1. The number of alkyl halides is 1. The Morgan fingerprint density at radius 3 is 2.95 bits per heavy atom. The molecule has 110 valence electrons. The van der Waals surface area contributed by atoms with Crippen LogP contribution >= 0.6 is 12.4 Å². The third kappa shape index (κ3) is 5.72. The van der Waals surface area contributed by atoms with Gasteiger partial charge in [-0.3, -0.25) is 4.79 Å². The Balaban J connectivity index is 0.00000324. The summed E-state index contributed by atoms with van der Waals surface area (Å²) in [6.07, 6.45) is -0.150. The number of halogens is 2. The van der Waals surface area contributed by atoms with Gasteiger partial charge in [-0.2, -0.15) is 5.26 Å². The number of ether oxygens (including phenoxy) is 1. The van der Waals surface area contributed by atoms with Gasteiger partial charge in [-0.1, -0.05) is 0 Å². The summed E-state index contributed by atoms with van der Waals surface area (Å²) < 4.78 is 18.1. The highest BCUT2D eigenvalue weighted by atomic mass is 35.5. The van der Waals surface area contributed by atoms with Crippen LogP contribution in [0.15, 0.2) is 0 Å². The number of nitrogens with zero attached hydrogens (tertiary/aromatic N) is 2. The summed E-state index contributed by atoms with van der Waals surface area (Å²) in [6.45, 7) is 2.75. The van der Waals surface area contributed by atoms with Crippen LogP contribution < -0.4 is 5.32 Å². The molecule has 0 aromatic heterocycles. The average molecular weight is 294 g/mol. The van der Waals surface area contributed by atoms with Gasteiger partial charge in [0.05, 0.1) is 19.2 Å². The fraction of sp³-hybridized carbons (Fsp3) is 0.833. The van der Waals surface area contributed by atoms with Crippen molar-refractivity contribution < 1.29 is 13.9 Å². The van der Waals surface area contributed by atoms with Crippen molar-refractivity contribution in [3.8, 4) is 6.07 Å². The zero-order valence-corrected chi connectivity index (χ0v) is 12.1. The molecule has 0 aromatic rings. The minimum absolute atomic E-state index is 0. The van der Waals surface area contributed by atoms with Crippen LogP contribution in [0.4, 0.5) is 4.39 Å². The number of likely N-dealkylation sites (tertiary alicyclic amines) is 1. The first-order valence-corrected chi connectivity index (χ1v) is 6.14. The van der Waals surface area contributed by atoms with Gasteiger partial charge in [-0.15, -0.1) is 12.4 Å². The molecule has 19 heavy (non-hydrogen) atoms. The van der Waals surface area contributed by atoms with E-state index in [0.717, 1.165) is 6.42 Å². The van der Waals surface area contributed by atoms with E-state index in [1.807, 2.05) is 13.0 Å². The Hall–Kier alpha value is -0.900. The predicted molar refractivity (Wildman–Crippen MR) is 71.8 cm³/mol. The van der Waals surface area contributed by atoms with Crippen molar-refractivity contribution in [3.63, 3.8) is 0 Å². The van der Waals surface area contributed by atoms with E-state index >= 15 is 0 Å². The van der Waals surface area contributed by atoms with E-state index in [1.54, 1.807) is 7.11 Å². The molecule has 0 spiro atoms. The molecule has 1 amide bonds. The van der Waals surface area contributed by atoms with Crippen molar-refractivity contribution in [2.75, 3.05) is 26.8 Å². The first-order chi connectivity index (χ1) is 8.58. The summed E-state index contributed by atoms with van der Waals surface area (Å²) in [6, 6.07) is 1.49. The fourth-order valence-corrected chi connectivity index (χ4v) is 1.94. The lowest BCUT2D eigenvalue weighted by atomic mass is 10.2. The number of carbonyl (C=O) groups excluding carboxylic acids is 1. The highest BCUT2D eigenvalue weighted by Gasteiger charge is 2.35. The summed E-state index contributed by atoms with van der Waals surface area (Å²) in [5.41, 5.74) is 0. The summed E-state index contributed by atoms with van der Waals surface area (Å²) in [5, 5.41) is 11.9. The van der Waals surface area contributed by atoms with Crippen LogP contribution in [0, 0.1) is 11.3 Å². The van der Waals surface area contributed by atoms with Crippen LogP contribution in [0.2, 0.25) is 0 Å². The van der Waals surface area contributed by atoms with Crippen LogP contribution in [0.25, 0.3) is 0 Å². The third-order valence-corrected chi connectivity index (χ3v) is 3.08. The number of nitrogens with one attached hydrogen (secondary N) is 1. The Bertz CT molecular complexity index is 325. The van der Waals surface area contributed by atoms with Gasteiger partial charge in [0.25, 0.3) is 0 Å². The van der Waals surface area contributed by atoms with Gasteiger partial charge in [-0.05, 0) is 13.3 Å². The quantitative estimate of drug-likeness (QED) is 0.790. The second kappa shape index (κ2) is 9.08. The lowest BCUT2D eigenvalue weighted by Gasteiger charge is -2.21. The molecular formula is C12H21ClFN3O2. The first kappa shape index (κ1) is 18.1. The van der Waals surface area contributed by atoms with E-state index in [2.05, 4.69) is 5.32 Å². The standard InChI is InChI=1S/C12H20FN3O2.ClH/c1-9(3-4-18-2)15-7-12(17)16-8-10(13)5-11(16)6-14;/h9-11,15H,3-5,7-8H2,1-2H3;1H/t9-,10-,11-;/m0./s1. The van der Waals surface area contributed by atoms with Crippen molar-refractivity contribution in [1.29, 1.82) is 5.26 Å². The molecule has 0 saturated carbocycles. The van der Waals surface area contributed by atoms with Crippen LogP contribution in [-0.4, -0.2) is 55.9 Å². The monoisotopic (exact) mass is 293 g/mol. The van der Waals surface area contributed by atoms with Gasteiger partial charge in [0, 0.05) is 26.2 Å². The second-order valence-corrected chi connectivity index (χ2v) is 4.59. The van der Waals surface area contributed by atoms with Crippen molar-refractivity contribution in [3.05, 3.63) is 0 Å². The Morgan fingerprint density at radius 1 is 1.68 bits per heavy atom. The number of rotatable bonds is 6. The molecule has 0 bridgehead atoms. The molecular weight excluding hydrogens is 273 g/mol. The highest BCUT2D eigenvalue weighted by molar-refractivity contribution is 5.85. The van der Waals surface area contributed by atoms with Crippen molar-refractivity contribution in [1.82, 2.24) is 10.2 Å². The Kier molecular flexibility index (Phi) is 8.65. The molecule has 1 rings (SSSR count). The predicted octanol–water partition coefficient (Wildman–Crippen LogP) is 0.885. The normalized spacial score (nSPS) is 23.6. The van der Waals surface area contributed by atoms with Crippen molar-refractivity contribution in [2.45, 2.75) is 38.0 Å². The Labute approximate surface area is 119 Å². The molecule has 7 heteroatoms. The molecule has 1 fully saturated rings. The summed E-state index contributed by atoms with van der Waals surface area (Å²) in [4.78, 5) is 13.2. The maximum Gasteiger partial charge on any atom is 0.237 e. The zero-order valence-electron chi connectivity index (χ0n) is 11.3. The van der Waals surface area contributed by atoms with Gasteiger partial charge in [0.1, 0.15) is 12.2 Å². The first-order valence-electron chi connectivity index (χ1n) is 6.14. The van der Waals surface area contributed by atoms with E-state index in [0.29, 0.717) is 6.61 Å². The molecule has 0 radical (unpaired) electrons. The molecule has 5 nitrogen and oxygen atoms in total. The van der Waals surface area contributed by atoms with Gasteiger partial charge >= 0.3 is 0 Å². The molecule has 1 aliphatic heterocycles. The van der Waals surface area contributed by atoms with E-state index in [9.17, 15) is 9.18 Å². The minimum atomic E-state index is -1.08. The van der Waals surface area contributed by atoms with E-state index in [4.69, 9.17) is 10.00 Å². The number of hydrogen-bond acceptors (Lipinski definition) is 4. The van der Waals surface area contributed by atoms with Crippen molar-refractivity contribution >= 4 is 18.3 Å². The van der Waals surface area contributed by atoms with E-state index < -0.39 is 12.2 Å². The summed E-state index contributed by atoms with van der Waals surface area (Å²) in [7, 11) is 1.63. The number of methoxy groups -OCH3 is 1. The molecule has 1 N–H and O–H groups in total. The van der Waals surface area contributed by atoms with Crippen LogP contribution in [0.1, 0.15) is 19.8 Å². The lowest BCUT2D eigenvalue weighted by molar-refractivity contribution is -0.130. The van der Waals surface area contributed by atoms with Gasteiger partial charge in [0.15, 0.2) is 0 Å². The fourth-order valence-electron chi connectivity index (χ4n) is 1.94. The second-order valence-electron chi connectivity index (χ2n) is 4.59. The maximum absolute atomic E-state index is 13.2. The van der Waals surface area contributed by atoms with Gasteiger partial charge < -0.3 is 15.0 Å². The number of hydrogen-bond donors (Lipinski definition) is 1. The number of carbonyl (C=O) groups is 1. The van der Waals surface area contributed by atoms with E-state index in [1.165, 1.54) is 4.90 Å². The molecule has 0 aromatic carbocycles. The zero-order chi connectivity index (χ0) is 13.5. The van der Waals surface area contributed by atoms with Gasteiger partial charge in [0.2, 0.25) is 5.91 Å². The van der Waals surface area contributed by atoms with Crippen LogP contribution in [0.3, 0.4) is 0 Å². The topological polar surface area (TPSA) is 65.4 Å². The molecule has 1 saturated heterocycles. The third-order valence-electron chi connectivity index (χ3n) is 3.08. The molecule has 1 heterocycles. The summed E-state index contributed by atoms with van der Waals surface area (Å²) in [5.74, 6) is -0.217. The maximum atomic E-state index is 13.2. The average Bonchev–Trinajstić information content (AvgIpc) is 2.74. The lowest BCUT2D eigenvalue weighted by Crippen LogP contribution is -2.43. The van der Waals surface area contributed by atoms with E-state index in [-0.39, 0.29) is 43.9 Å². The summed E-state index contributed by atoms with van der Waals surface area (Å²) >= 11 is 0. The molecule has 0 aliphatic carbocycles. The molecule has 1 aliphatic rings. The minimum Gasteiger partial charge on any atom is -0.385 e. The molecule has 3 atom stereocenters. The van der Waals surface area contributed by atoms with Crippen LogP contribution in [-0.2, 0) is 9.53 Å².